The fraction of sp³-hybridized carbons (Fsp3) is 0.917. The molecule has 0 bridgehead atoms. The summed E-state index contributed by atoms with van der Waals surface area (Å²) in [7, 11) is -1.66. The molecule has 2 rings (SSSR count). The maximum Gasteiger partial charge on any atom is 0.240 e. The smallest absolute Gasteiger partial charge is 0.240 e. The minimum atomic E-state index is -3.36. The molecule has 0 aromatic rings. The first-order chi connectivity index (χ1) is 8.98. The van der Waals surface area contributed by atoms with Crippen molar-refractivity contribution in [1.82, 2.24) is 14.9 Å². The standard InChI is InChI=1S/C12H23N3O3S/c1-15-8-5-11(12(15)16)14-19(17,18)9-6-10-4-2-3-7-13-10/h10-11,13-14H,2-9H2,1H3. The normalized spacial score (nSPS) is 28.9. The van der Waals surface area contributed by atoms with Crippen molar-refractivity contribution < 1.29 is 13.2 Å². The summed E-state index contributed by atoms with van der Waals surface area (Å²) in [4.78, 5) is 13.2. The van der Waals surface area contributed by atoms with Crippen molar-refractivity contribution in [3.8, 4) is 0 Å². The first kappa shape index (κ1) is 14.7. The highest BCUT2D eigenvalue weighted by atomic mass is 32.2. The molecule has 2 saturated heterocycles. The van der Waals surface area contributed by atoms with Crippen molar-refractivity contribution in [2.45, 2.75) is 44.2 Å². The summed E-state index contributed by atoms with van der Waals surface area (Å²) in [5.74, 6) is -0.0302. The predicted octanol–water partition coefficient (Wildman–Crippen LogP) is -0.331. The molecule has 0 radical (unpaired) electrons. The Kier molecular flexibility index (Phi) is 4.81. The summed E-state index contributed by atoms with van der Waals surface area (Å²) in [5, 5.41) is 3.33. The predicted molar refractivity (Wildman–Crippen MR) is 73.2 cm³/mol. The van der Waals surface area contributed by atoms with E-state index in [0.29, 0.717) is 25.4 Å². The fourth-order valence-electron chi connectivity index (χ4n) is 2.68. The van der Waals surface area contributed by atoms with Gasteiger partial charge in [0.1, 0.15) is 6.04 Å². The van der Waals surface area contributed by atoms with E-state index >= 15 is 0 Å². The van der Waals surface area contributed by atoms with Crippen molar-refractivity contribution >= 4 is 15.9 Å². The first-order valence-electron chi connectivity index (χ1n) is 6.96. The number of sulfonamides is 1. The molecule has 1 amide bonds. The van der Waals surface area contributed by atoms with E-state index in [1.165, 1.54) is 6.42 Å². The molecular weight excluding hydrogens is 266 g/mol. The average molecular weight is 289 g/mol. The summed E-state index contributed by atoms with van der Waals surface area (Å²) in [6, 6.07) is -0.262. The Hall–Kier alpha value is -0.660. The number of carbonyl (C=O) groups excluding carboxylic acids is 1. The highest BCUT2D eigenvalue weighted by Crippen LogP contribution is 2.13. The van der Waals surface area contributed by atoms with Crippen molar-refractivity contribution in [3.63, 3.8) is 0 Å². The van der Waals surface area contributed by atoms with E-state index in [0.717, 1.165) is 19.4 Å². The van der Waals surface area contributed by atoms with Gasteiger partial charge < -0.3 is 10.2 Å². The quantitative estimate of drug-likeness (QED) is 0.726. The molecule has 0 spiro atoms. The maximum atomic E-state index is 12.0. The Morgan fingerprint density at radius 2 is 2.16 bits per heavy atom. The molecule has 0 aromatic heterocycles. The molecule has 0 saturated carbocycles. The Balaban J connectivity index is 1.80. The van der Waals surface area contributed by atoms with Crippen LogP contribution in [0.4, 0.5) is 0 Å². The van der Waals surface area contributed by atoms with Crippen LogP contribution in [-0.4, -0.2) is 57.2 Å². The summed E-state index contributed by atoms with van der Waals surface area (Å²) in [5.41, 5.74) is 0. The second-order valence-electron chi connectivity index (χ2n) is 5.47. The van der Waals surface area contributed by atoms with Crippen LogP contribution < -0.4 is 10.0 Å². The van der Waals surface area contributed by atoms with Gasteiger partial charge in [-0.3, -0.25) is 4.79 Å². The number of likely N-dealkylation sites (tertiary alicyclic amines) is 1. The lowest BCUT2D eigenvalue weighted by atomic mass is 10.0. The van der Waals surface area contributed by atoms with Crippen LogP contribution in [0.5, 0.6) is 0 Å². The molecule has 2 heterocycles. The first-order valence-corrected chi connectivity index (χ1v) is 8.61. The Morgan fingerprint density at radius 3 is 2.74 bits per heavy atom. The third-order valence-corrected chi connectivity index (χ3v) is 5.31. The van der Waals surface area contributed by atoms with Crippen molar-refractivity contribution in [2.24, 2.45) is 0 Å². The Bertz CT molecular complexity index is 418. The molecule has 2 fully saturated rings. The Labute approximate surface area is 115 Å². The lowest BCUT2D eigenvalue weighted by Crippen LogP contribution is -2.43. The molecule has 0 aromatic carbocycles. The monoisotopic (exact) mass is 289 g/mol. The number of amides is 1. The number of likely N-dealkylation sites (N-methyl/N-ethyl adjacent to an activating group) is 1. The highest BCUT2D eigenvalue weighted by Gasteiger charge is 2.32. The third kappa shape index (κ3) is 4.15. The second kappa shape index (κ2) is 6.19. The highest BCUT2D eigenvalue weighted by molar-refractivity contribution is 7.89. The van der Waals surface area contributed by atoms with Crippen LogP contribution in [0.1, 0.15) is 32.1 Å². The zero-order valence-electron chi connectivity index (χ0n) is 11.4. The van der Waals surface area contributed by atoms with Crippen molar-refractivity contribution in [3.05, 3.63) is 0 Å². The number of hydrogen-bond donors (Lipinski definition) is 2. The molecule has 7 heteroatoms. The van der Waals surface area contributed by atoms with Gasteiger partial charge in [-0.05, 0) is 32.2 Å². The molecular formula is C12H23N3O3S. The third-order valence-electron chi connectivity index (χ3n) is 3.90. The molecule has 0 aliphatic carbocycles. The van der Waals surface area contributed by atoms with E-state index in [2.05, 4.69) is 10.0 Å². The van der Waals surface area contributed by atoms with Gasteiger partial charge in [-0.25, -0.2) is 13.1 Å². The van der Waals surface area contributed by atoms with Gasteiger partial charge in [0.15, 0.2) is 0 Å². The molecule has 2 N–H and O–H groups in total. The zero-order chi connectivity index (χ0) is 13.9. The topological polar surface area (TPSA) is 78.5 Å². The summed E-state index contributed by atoms with van der Waals surface area (Å²) in [6.07, 6.45) is 4.56. The number of carbonyl (C=O) groups is 1. The van der Waals surface area contributed by atoms with Gasteiger partial charge in [-0.2, -0.15) is 0 Å². The van der Waals surface area contributed by atoms with Crippen LogP contribution in [0.2, 0.25) is 0 Å². The van der Waals surface area contributed by atoms with Crippen molar-refractivity contribution in [2.75, 3.05) is 25.9 Å². The molecule has 2 aliphatic rings. The number of piperidine rings is 1. The van der Waals surface area contributed by atoms with Crippen LogP contribution >= 0.6 is 0 Å². The van der Waals surface area contributed by atoms with Crippen LogP contribution in [0, 0.1) is 0 Å². The van der Waals surface area contributed by atoms with E-state index in [1.54, 1.807) is 11.9 Å². The number of nitrogens with one attached hydrogen (secondary N) is 2. The summed E-state index contributed by atoms with van der Waals surface area (Å²) < 4.78 is 26.5. The lowest BCUT2D eigenvalue weighted by molar-refractivity contribution is -0.127. The van der Waals surface area contributed by atoms with E-state index in [4.69, 9.17) is 0 Å². The molecule has 2 atom stereocenters. The number of nitrogens with zero attached hydrogens (tertiary/aromatic N) is 1. The lowest BCUT2D eigenvalue weighted by Gasteiger charge is -2.23. The van der Waals surface area contributed by atoms with E-state index in [-0.39, 0.29) is 11.7 Å². The van der Waals surface area contributed by atoms with Crippen LogP contribution in [0.25, 0.3) is 0 Å². The summed E-state index contributed by atoms with van der Waals surface area (Å²) >= 11 is 0. The second-order valence-corrected chi connectivity index (χ2v) is 7.35. The van der Waals surface area contributed by atoms with Crippen LogP contribution in [0.3, 0.4) is 0 Å². The SMILES string of the molecule is CN1CCC(NS(=O)(=O)CCC2CCCCN2)C1=O. The van der Waals surface area contributed by atoms with Gasteiger partial charge in [0.2, 0.25) is 15.9 Å². The van der Waals surface area contributed by atoms with Gasteiger partial charge in [0, 0.05) is 19.6 Å². The average Bonchev–Trinajstić information content (AvgIpc) is 2.69. The molecule has 110 valence electrons. The van der Waals surface area contributed by atoms with E-state index in [9.17, 15) is 13.2 Å². The van der Waals surface area contributed by atoms with Crippen molar-refractivity contribution in [1.29, 1.82) is 0 Å². The van der Waals surface area contributed by atoms with Gasteiger partial charge in [-0.1, -0.05) is 6.42 Å². The Morgan fingerprint density at radius 1 is 1.37 bits per heavy atom. The minimum absolute atomic E-state index is 0.0954. The number of hydrogen-bond acceptors (Lipinski definition) is 4. The van der Waals surface area contributed by atoms with Crippen LogP contribution in [0.15, 0.2) is 0 Å². The largest absolute Gasteiger partial charge is 0.344 e. The molecule has 19 heavy (non-hydrogen) atoms. The molecule has 2 aliphatic heterocycles. The van der Waals surface area contributed by atoms with Crippen LogP contribution in [-0.2, 0) is 14.8 Å². The summed E-state index contributed by atoms with van der Waals surface area (Å²) in [6.45, 7) is 1.60. The van der Waals surface area contributed by atoms with Gasteiger partial charge in [0.25, 0.3) is 0 Å². The maximum absolute atomic E-state index is 12.0. The minimum Gasteiger partial charge on any atom is -0.344 e. The van der Waals surface area contributed by atoms with E-state index < -0.39 is 16.1 Å². The van der Waals surface area contributed by atoms with E-state index in [1.807, 2.05) is 0 Å². The zero-order valence-corrected chi connectivity index (χ0v) is 12.2. The molecule has 6 nitrogen and oxygen atoms in total. The molecule has 2 unspecified atom stereocenters. The number of rotatable bonds is 5. The van der Waals surface area contributed by atoms with Gasteiger partial charge in [0.05, 0.1) is 5.75 Å². The van der Waals surface area contributed by atoms with Gasteiger partial charge in [-0.15, -0.1) is 0 Å². The van der Waals surface area contributed by atoms with Gasteiger partial charge >= 0.3 is 0 Å². The fourth-order valence-corrected chi connectivity index (χ4v) is 4.04.